The van der Waals surface area contributed by atoms with Gasteiger partial charge in [0.15, 0.2) is 11.9 Å². The monoisotopic (exact) mass is 594 g/mol. The number of benzene rings is 1. The Hall–Kier alpha value is -4.07. The molecule has 1 aliphatic heterocycles. The van der Waals surface area contributed by atoms with Crippen LogP contribution in [0.3, 0.4) is 0 Å². The van der Waals surface area contributed by atoms with E-state index in [0.29, 0.717) is 14.2 Å². The van der Waals surface area contributed by atoms with Gasteiger partial charge in [-0.25, -0.2) is 14.4 Å². The highest BCUT2D eigenvalue weighted by Gasteiger charge is 2.42. The van der Waals surface area contributed by atoms with E-state index in [4.69, 9.17) is 23.7 Å². The molecular weight excluding hydrogens is 559 g/mol. The van der Waals surface area contributed by atoms with Gasteiger partial charge >= 0.3 is 17.9 Å². The molecule has 0 bridgehead atoms. The Labute approximate surface area is 247 Å². The molecule has 0 spiro atoms. The van der Waals surface area contributed by atoms with Gasteiger partial charge in [0.2, 0.25) is 6.29 Å². The van der Waals surface area contributed by atoms with Gasteiger partial charge in [-0.15, -0.1) is 8.58 Å². The summed E-state index contributed by atoms with van der Waals surface area (Å²) in [6.07, 6.45) is 3.39. The van der Waals surface area contributed by atoms with Crippen LogP contribution >= 0.6 is 8.58 Å². The maximum absolute atomic E-state index is 13.7. The van der Waals surface area contributed by atoms with Crippen LogP contribution in [-0.2, 0) is 28.6 Å². The lowest BCUT2D eigenvalue weighted by Crippen LogP contribution is -2.27. The molecule has 0 saturated carbocycles. The number of Topliss-reactive ketones (excluding diaryl/α,β-unsaturated/α-hetero) is 1. The van der Waals surface area contributed by atoms with Gasteiger partial charge in [-0.1, -0.05) is 31.9 Å². The van der Waals surface area contributed by atoms with Crippen molar-refractivity contribution in [2.75, 3.05) is 12.8 Å². The first-order valence-corrected chi connectivity index (χ1v) is 14.9. The average molecular weight is 595 g/mol. The SMILES string of the molecule is C=C(C)C(=O)OC1=CC=C(C(=O)c2cc(OC(=O)/C(C)=C/CPC)cc(OC3OC3C(=C)C)c2)CC1OC(=O)C(=C)C. The Kier molecular flexibility index (Phi) is 11.0. The lowest BCUT2D eigenvalue weighted by Gasteiger charge is -2.24. The highest BCUT2D eigenvalue weighted by Crippen LogP contribution is 2.34. The molecule has 0 radical (unpaired) electrons. The molecule has 222 valence electrons. The summed E-state index contributed by atoms with van der Waals surface area (Å²) in [7, 11) is 0.646. The van der Waals surface area contributed by atoms with Crippen LogP contribution in [0.4, 0.5) is 0 Å². The molecule has 1 aromatic rings. The first-order chi connectivity index (χ1) is 19.8. The van der Waals surface area contributed by atoms with Gasteiger partial charge in [0.1, 0.15) is 23.4 Å². The number of hydrogen-bond donors (Lipinski definition) is 0. The highest BCUT2D eigenvalue weighted by atomic mass is 31.1. The van der Waals surface area contributed by atoms with Crippen LogP contribution in [0, 0.1) is 0 Å². The molecule has 3 rings (SSSR count). The largest absolute Gasteiger partial charge is 0.462 e. The zero-order valence-electron chi connectivity index (χ0n) is 24.4. The minimum atomic E-state index is -1.07. The van der Waals surface area contributed by atoms with E-state index < -0.39 is 36.1 Å². The van der Waals surface area contributed by atoms with Crippen molar-refractivity contribution in [3.8, 4) is 11.5 Å². The number of rotatable bonds is 13. The fraction of sp³-hybridized carbons (Fsp3) is 0.312. The molecule has 1 saturated heterocycles. The topological polar surface area (TPSA) is 118 Å². The second-order valence-corrected chi connectivity index (χ2v) is 11.2. The van der Waals surface area contributed by atoms with Crippen molar-refractivity contribution in [3.05, 3.63) is 95.4 Å². The Balaban J connectivity index is 1.94. The van der Waals surface area contributed by atoms with Crippen LogP contribution in [0.5, 0.6) is 11.5 Å². The van der Waals surface area contributed by atoms with Crippen molar-refractivity contribution in [2.45, 2.75) is 52.6 Å². The number of allylic oxidation sites excluding steroid dienone is 3. The Morgan fingerprint density at radius 2 is 1.60 bits per heavy atom. The summed E-state index contributed by atoms with van der Waals surface area (Å²) in [5, 5.41) is 0. The van der Waals surface area contributed by atoms with Crippen LogP contribution in [-0.4, -0.2) is 55.0 Å². The normalized spacial score (nSPS) is 19.7. The summed E-state index contributed by atoms with van der Waals surface area (Å²) >= 11 is 0. The first kappa shape index (κ1) is 32.4. The third-order valence-electron chi connectivity index (χ3n) is 6.10. The van der Waals surface area contributed by atoms with Crippen molar-refractivity contribution >= 4 is 32.3 Å². The van der Waals surface area contributed by atoms with E-state index in [9.17, 15) is 19.2 Å². The standard InChI is InChI=1S/C32H35O9P/c1-17(2)28-32(41-28)38-24-14-22(13-23(16-24)37-31(36)20(7)11-12-42-8)27(33)21-9-10-25(39-29(34)18(3)4)26(15-21)40-30(35)19(5)6/h9-11,13-14,16,26,28,32,42H,1,3,5,12,15H2,2,4,6-8H3/b20-11+. The molecule has 42 heavy (non-hydrogen) atoms. The lowest BCUT2D eigenvalue weighted by molar-refractivity contribution is -0.148. The number of hydrogen-bond acceptors (Lipinski definition) is 9. The van der Waals surface area contributed by atoms with Gasteiger partial charge in [-0.2, -0.15) is 0 Å². The highest BCUT2D eigenvalue weighted by molar-refractivity contribution is 7.37. The van der Waals surface area contributed by atoms with Crippen molar-refractivity contribution in [2.24, 2.45) is 0 Å². The van der Waals surface area contributed by atoms with E-state index in [-0.39, 0.29) is 52.1 Å². The molecule has 4 unspecified atom stereocenters. The van der Waals surface area contributed by atoms with Crippen LogP contribution in [0.25, 0.3) is 0 Å². The average Bonchev–Trinajstić information content (AvgIpc) is 3.71. The fourth-order valence-electron chi connectivity index (χ4n) is 3.66. The predicted molar refractivity (Wildman–Crippen MR) is 160 cm³/mol. The van der Waals surface area contributed by atoms with Crippen LogP contribution in [0.15, 0.2) is 89.8 Å². The molecule has 1 aliphatic carbocycles. The van der Waals surface area contributed by atoms with Gasteiger partial charge < -0.3 is 23.7 Å². The summed E-state index contributed by atoms with van der Waals surface area (Å²) in [6.45, 7) is 19.5. The van der Waals surface area contributed by atoms with Gasteiger partial charge in [0.05, 0.1) is 0 Å². The van der Waals surface area contributed by atoms with Crippen LogP contribution in [0.1, 0.15) is 44.5 Å². The zero-order valence-corrected chi connectivity index (χ0v) is 25.4. The minimum Gasteiger partial charge on any atom is -0.462 e. The number of esters is 3. The molecule has 1 heterocycles. The molecule has 9 nitrogen and oxygen atoms in total. The number of ether oxygens (including phenoxy) is 5. The van der Waals surface area contributed by atoms with Gasteiger partial charge in [-0.05, 0) is 64.3 Å². The Morgan fingerprint density at radius 3 is 2.19 bits per heavy atom. The van der Waals surface area contributed by atoms with Crippen molar-refractivity contribution in [3.63, 3.8) is 0 Å². The van der Waals surface area contributed by atoms with E-state index in [1.807, 2.05) is 13.6 Å². The van der Waals surface area contributed by atoms with Gasteiger partial charge in [-0.3, -0.25) is 4.79 Å². The van der Waals surface area contributed by atoms with E-state index in [1.54, 1.807) is 13.0 Å². The van der Waals surface area contributed by atoms with E-state index in [1.165, 1.54) is 44.2 Å². The second-order valence-electron chi connectivity index (χ2n) is 10.1. The third-order valence-corrected chi connectivity index (χ3v) is 6.71. The zero-order chi connectivity index (χ0) is 31.1. The van der Waals surface area contributed by atoms with E-state index in [2.05, 4.69) is 19.7 Å². The molecular formula is C32H35O9P. The van der Waals surface area contributed by atoms with Crippen molar-refractivity contribution in [1.29, 1.82) is 0 Å². The molecule has 10 heteroatoms. The maximum atomic E-state index is 13.7. The number of epoxide rings is 1. The van der Waals surface area contributed by atoms with Crippen molar-refractivity contribution < 1.29 is 42.9 Å². The minimum absolute atomic E-state index is 0.0486. The first-order valence-electron chi connectivity index (χ1n) is 13.2. The molecule has 0 amide bonds. The van der Waals surface area contributed by atoms with E-state index >= 15 is 0 Å². The smallest absolute Gasteiger partial charge is 0.338 e. The molecule has 1 fully saturated rings. The second kappa shape index (κ2) is 14.2. The molecule has 2 aliphatic rings. The quantitative estimate of drug-likeness (QED) is 0.0553. The lowest BCUT2D eigenvalue weighted by atomic mass is 9.93. The van der Waals surface area contributed by atoms with Crippen LogP contribution in [0.2, 0.25) is 0 Å². The molecule has 0 N–H and O–H groups in total. The predicted octanol–water partition coefficient (Wildman–Crippen LogP) is 5.53. The Morgan fingerprint density at radius 1 is 0.929 bits per heavy atom. The Bertz CT molecular complexity index is 1430. The molecule has 0 aromatic heterocycles. The van der Waals surface area contributed by atoms with Crippen LogP contribution < -0.4 is 9.47 Å². The van der Waals surface area contributed by atoms with Gasteiger partial charge in [0, 0.05) is 40.3 Å². The summed E-state index contributed by atoms with van der Waals surface area (Å²) < 4.78 is 27.8. The maximum Gasteiger partial charge on any atom is 0.338 e. The fourth-order valence-corrected chi connectivity index (χ4v) is 4.17. The van der Waals surface area contributed by atoms with Gasteiger partial charge in [0.25, 0.3) is 0 Å². The summed E-state index contributed by atoms with van der Waals surface area (Å²) in [6, 6.07) is 4.44. The summed E-state index contributed by atoms with van der Waals surface area (Å²) in [5.74, 6) is -2.00. The number of carbonyl (C=O) groups excluding carboxylic acids is 4. The summed E-state index contributed by atoms with van der Waals surface area (Å²) in [4.78, 5) is 50.9. The van der Waals surface area contributed by atoms with Crippen molar-refractivity contribution in [1.82, 2.24) is 0 Å². The summed E-state index contributed by atoms with van der Waals surface area (Å²) in [5.41, 5.74) is 1.93. The molecule has 4 atom stereocenters. The van der Waals surface area contributed by atoms with E-state index in [0.717, 1.165) is 11.7 Å². The number of carbonyl (C=O) groups is 4. The third kappa shape index (κ3) is 8.71. The number of ketones is 1. The molecule has 1 aromatic carbocycles.